The smallest absolute Gasteiger partial charge is 0.240 e. The Balaban J connectivity index is 1.42. The summed E-state index contributed by atoms with van der Waals surface area (Å²) in [6.07, 6.45) is 2.77. The van der Waals surface area contributed by atoms with Gasteiger partial charge in [0, 0.05) is 18.9 Å². The van der Waals surface area contributed by atoms with Crippen LogP contribution in [0.3, 0.4) is 0 Å². The molecule has 0 saturated heterocycles. The lowest BCUT2D eigenvalue weighted by Crippen LogP contribution is -2.26. The van der Waals surface area contributed by atoms with Gasteiger partial charge in [0.05, 0.1) is 12.0 Å². The Labute approximate surface area is 155 Å². The molecule has 0 bridgehead atoms. The minimum atomic E-state index is -3.57. The summed E-state index contributed by atoms with van der Waals surface area (Å²) in [6, 6.07) is 4.80. The van der Waals surface area contributed by atoms with Gasteiger partial charge < -0.3 is 4.74 Å². The van der Waals surface area contributed by atoms with Crippen molar-refractivity contribution in [3.8, 4) is 5.75 Å². The molecule has 1 N–H and O–H groups in total. The average molecular weight is 393 g/mol. The van der Waals surface area contributed by atoms with Crippen LogP contribution in [-0.4, -0.2) is 41.9 Å². The number of methoxy groups -OCH3 is 1. The summed E-state index contributed by atoms with van der Waals surface area (Å²) in [5, 5.41) is 13.7. The SMILES string of the molecule is COc1ccc(S(=O)(=O)NCCc2nn3c(C4CC4)nnc3s2)cc1C. The van der Waals surface area contributed by atoms with E-state index in [0.717, 1.165) is 34.2 Å². The first kappa shape index (κ1) is 17.4. The van der Waals surface area contributed by atoms with Crippen molar-refractivity contribution < 1.29 is 13.2 Å². The second kappa shape index (κ2) is 6.60. The molecule has 2 aromatic heterocycles. The first-order chi connectivity index (χ1) is 12.5. The summed E-state index contributed by atoms with van der Waals surface area (Å²) in [4.78, 5) is 0.987. The van der Waals surface area contributed by atoms with Gasteiger partial charge in [0.1, 0.15) is 10.8 Å². The van der Waals surface area contributed by atoms with E-state index in [2.05, 4.69) is 20.0 Å². The van der Waals surface area contributed by atoms with Crippen LogP contribution in [0.1, 0.15) is 35.2 Å². The molecular weight excluding hydrogens is 374 g/mol. The van der Waals surface area contributed by atoms with Gasteiger partial charge in [-0.2, -0.15) is 9.61 Å². The molecule has 1 aromatic carbocycles. The topological polar surface area (TPSA) is 98.5 Å². The Bertz CT molecular complexity index is 1050. The summed E-state index contributed by atoms with van der Waals surface area (Å²) in [7, 11) is -2.01. The van der Waals surface area contributed by atoms with Gasteiger partial charge in [0.25, 0.3) is 0 Å². The van der Waals surface area contributed by atoms with Gasteiger partial charge in [-0.05, 0) is 43.5 Å². The van der Waals surface area contributed by atoms with Gasteiger partial charge >= 0.3 is 0 Å². The molecular formula is C16H19N5O3S2. The predicted octanol–water partition coefficient (Wildman–Crippen LogP) is 1.90. The predicted molar refractivity (Wildman–Crippen MR) is 97.3 cm³/mol. The van der Waals surface area contributed by atoms with Crippen LogP contribution in [0.15, 0.2) is 23.1 Å². The van der Waals surface area contributed by atoms with Crippen molar-refractivity contribution in [3.05, 3.63) is 34.6 Å². The molecule has 1 saturated carbocycles. The van der Waals surface area contributed by atoms with Crippen LogP contribution >= 0.6 is 11.3 Å². The quantitative estimate of drug-likeness (QED) is 0.658. The molecule has 26 heavy (non-hydrogen) atoms. The fourth-order valence-electron chi connectivity index (χ4n) is 2.76. The zero-order chi connectivity index (χ0) is 18.3. The van der Waals surface area contributed by atoms with Gasteiger partial charge in [-0.3, -0.25) is 0 Å². The summed E-state index contributed by atoms with van der Waals surface area (Å²) >= 11 is 1.44. The number of rotatable bonds is 7. The van der Waals surface area contributed by atoms with Crippen LogP contribution in [0.5, 0.6) is 5.75 Å². The number of nitrogens with zero attached hydrogens (tertiary/aromatic N) is 4. The van der Waals surface area contributed by atoms with E-state index in [0.29, 0.717) is 18.1 Å². The van der Waals surface area contributed by atoms with Gasteiger partial charge in [-0.1, -0.05) is 11.3 Å². The number of aromatic nitrogens is 4. The first-order valence-corrected chi connectivity index (χ1v) is 10.6. The number of benzene rings is 1. The van der Waals surface area contributed by atoms with Crippen LogP contribution in [0, 0.1) is 6.92 Å². The summed E-state index contributed by atoms with van der Waals surface area (Å²) < 4.78 is 34.5. The summed E-state index contributed by atoms with van der Waals surface area (Å²) in [5.41, 5.74) is 0.775. The van der Waals surface area contributed by atoms with E-state index in [1.54, 1.807) is 29.8 Å². The molecule has 0 aliphatic heterocycles. The van der Waals surface area contributed by atoms with E-state index < -0.39 is 10.0 Å². The molecule has 0 amide bonds. The highest BCUT2D eigenvalue weighted by Gasteiger charge is 2.30. The molecule has 1 aliphatic carbocycles. The van der Waals surface area contributed by atoms with Crippen LogP contribution < -0.4 is 9.46 Å². The zero-order valence-electron chi connectivity index (χ0n) is 14.5. The molecule has 0 atom stereocenters. The van der Waals surface area contributed by atoms with Gasteiger partial charge in [-0.15, -0.1) is 10.2 Å². The van der Waals surface area contributed by atoms with Crippen LogP contribution in [0.25, 0.3) is 4.96 Å². The van der Waals surface area contributed by atoms with Crippen molar-refractivity contribution in [1.29, 1.82) is 0 Å². The molecule has 1 aliphatic rings. The third-order valence-electron chi connectivity index (χ3n) is 4.31. The number of hydrogen-bond donors (Lipinski definition) is 1. The number of hydrogen-bond acceptors (Lipinski definition) is 7. The fraction of sp³-hybridized carbons (Fsp3) is 0.438. The fourth-order valence-corrected chi connectivity index (χ4v) is 4.72. The monoisotopic (exact) mass is 393 g/mol. The van der Waals surface area contributed by atoms with Crippen molar-refractivity contribution in [2.45, 2.75) is 37.0 Å². The van der Waals surface area contributed by atoms with E-state index in [1.807, 2.05) is 6.92 Å². The molecule has 3 aromatic rings. The van der Waals surface area contributed by atoms with Crippen molar-refractivity contribution >= 4 is 26.3 Å². The molecule has 1 fully saturated rings. The number of aryl methyl sites for hydroxylation is 1. The summed E-state index contributed by atoms with van der Waals surface area (Å²) in [5.74, 6) is 2.05. The number of ether oxygens (including phenoxy) is 1. The molecule has 138 valence electrons. The number of nitrogens with one attached hydrogen (secondary N) is 1. The second-order valence-electron chi connectivity index (χ2n) is 6.30. The highest BCUT2D eigenvalue weighted by Crippen LogP contribution is 2.39. The third-order valence-corrected chi connectivity index (χ3v) is 6.72. The van der Waals surface area contributed by atoms with Crippen molar-refractivity contribution in [2.75, 3.05) is 13.7 Å². The van der Waals surface area contributed by atoms with Gasteiger partial charge in [-0.25, -0.2) is 13.1 Å². The van der Waals surface area contributed by atoms with E-state index in [9.17, 15) is 8.42 Å². The Morgan fingerprint density at radius 1 is 1.35 bits per heavy atom. The Morgan fingerprint density at radius 2 is 2.15 bits per heavy atom. The molecule has 0 spiro atoms. The molecule has 0 radical (unpaired) electrons. The minimum Gasteiger partial charge on any atom is -0.496 e. The molecule has 8 nitrogen and oxygen atoms in total. The van der Waals surface area contributed by atoms with Crippen LogP contribution in [0.2, 0.25) is 0 Å². The largest absolute Gasteiger partial charge is 0.496 e. The molecule has 4 rings (SSSR count). The lowest BCUT2D eigenvalue weighted by molar-refractivity contribution is 0.411. The maximum Gasteiger partial charge on any atom is 0.240 e. The maximum absolute atomic E-state index is 12.5. The minimum absolute atomic E-state index is 0.227. The van der Waals surface area contributed by atoms with E-state index in [-0.39, 0.29) is 11.4 Å². The lowest BCUT2D eigenvalue weighted by Gasteiger charge is -2.09. The number of fused-ring (bicyclic) bond motifs is 1. The van der Waals surface area contributed by atoms with Crippen molar-refractivity contribution in [1.82, 2.24) is 24.5 Å². The normalized spacial score (nSPS) is 14.8. The Morgan fingerprint density at radius 3 is 2.85 bits per heavy atom. The molecule has 10 heteroatoms. The molecule has 2 heterocycles. The summed E-state index contributed by atoms with van der Waals surface area (Å²) in [6.45, 7) is 2.09. The maximum atomic E-state index is 12.5. The van der Waals surface area contributed by atoms with Gasteiger partial charge in [0.2, 0.25) is 15.0 Å². The lowest BCUT2D eigenvalue weighted by atomic mass is 10.2. The van der Waals surface area contributed by atoms with Gasteiger partial charge in [0.15, 0.2) is 5.82 Å². The average Bonchev–Trinajstić information content (AvgIpc) is 3.25. The second-order valence-corrected chi connectivity index (χ2v) is 9.11. The van der Waals surface area contributed by atoms with Crippen molar-refractivity contribution in [3.63, 3.8) is 0 Å². The zero-order valence-corrected chi connectivity index (χ0v) is 16.1. The molecule has 0 unspecified atom stereocenters. The van der Waals surface area contributed by atoms with Crippen LogP contribution in [-0.2, 0) is 16.4 Å². The highest BCUT2D eigenvalue weighted by atomic mass is 32.2. The van der Waals surface area contributed by atoms with E-state index in [4.69, 9.17) is 4.74 Å². The Kier molecular flexibility index (Phi) is 4.41. The number of sulfonamides is 1. The van der Waals surface area contributed by atoms with E-state index >= 15 is 0 Å². The third kappa shape index (κ3) is 3.31. The van der Waals surface area contributed by atoms with E-state index in [1.165, 1.54) is 11.3 Å². The van der Waals surface area contributed by atoms with Crippen LogP contribution in [0.4, 0.5) is 0 Å². The first-order valence-electron chi connectivity index (χ1n) is 8.33. The highest BCUT2D eigenvalue weighted by molar-refractivity contribution is 7.89. The van der Waals surface area contributed by atoms with Crippen molar-refractivity contribution in [2.24, 2.45) is 0 Å². The Hall–Kier alpha value is -2.04. The standard InChI is InChI=1S/C16H19N5O3S2/c1-10-9-12(5-6-13(10)24-2)26(22,23)17-8-7-14-20-21-15(11-3-4-11)18-19-16(21)25-14/h5-6,9,11,17H,3-4,7-8H2,1-2H3.